The van der Waals surface area contributed by atoms with Gasteiger partial charge in [-0.1, -0.05) is 36.4 Å². The molecule has 2 amide bonds. The predicted octanol–water partition coefficient (Wildman–Crippen LogP) is 4.02. The van der Waals surface area contributed by atoms with Crippen molar-refractivity contribution in [2.45, 2.75) is 13.5 Å². The van der Waals surface area contributed by atoms with Crippen LogP contribution in [0.5, 0.6) is 0 Å². The summed E-state index contributed by atoms with van der Waals surface area (Å²) in [5.74, 6) is -1.58. The van der Waals surface area contributed by atoms with Gasteiger partial charge in [-0.2, -0.15) is 0 Å². The number of nitrogens with one attached hydrogen (secondary N) is 1. The lowest BCUT2D eigenvalue weighted by atomic mass is 10.2. The quantitative estimate of drug-likeness (QED) is 0.906. The summed E-state index contributed by atoms with van der Waals surface area (Å²) in [6.07, 6.45) is 0. The van der Waals surface area contributed by atoms with Crippen LogP contribution in [-0.4, -0.2) is 17.5 Å². The van der Waals surface area contributed by atoms with Gasteiger partial charge in [0, 0.05) is 13.1 Å². The topological polar surface area (TPSA) is 32.3 Å². The summed E-state index contributed by atoms with van der Waals surface area (Å²) < 4.78 is 27.1. The molecule has 2 rings (SSSR count). The Morgan fingerprint density at radius 3 is 2.24 bits per heavy atom. The van der Waals surface area contributed by atoms with Crippen molar-refractivity contribution in [1.82, 2.24) is 4.90 Å². The standard InChI is InChI=1S/C16H16F2N2O/c1-2-20(11-12-7-4-3-5-8-12)16(21)19-15-13(17)9-6-10-14(15)18/h3-10H,2,11H2,1H3,(H,19,21). The van der Waals surface area contributed by atoms with E-state index >= 15 is 0 Å². The van der Waals surface area contributed by atoms with Crippen LogP contribution in [0.1, 0.15) is 12.5 Å². The fourth-order valence-corrected chi connectivity index (χ4v) is 1.93. The number of anilines is 1. The van der Waals surface area contributed by atoms with Gasteiger partial charge in [0.25, 0.3) is 0 Å². The van der Waals surface area contributed by atoms with Gasteiger partial charge in [0.05, 0.1) is 0 Å². The van der Waals surface area contributed by atoms with Crippen molar-refractivity contribution >= 4 is 11.7 Å². The summed E-state index contributed by atoms with van der Waals surface area (Å²) in [5.41, 5.74) is 0.525. The van der Waals surface area contributed by atoms with Crippen molar-refractivity contribution in [2.75, 3.05) is 11.9 Å². The fourth-order valence-electron chi connectivity index (χ4n) is 1.93. The first-order valence-electron chi connectivity index (χ1n) is 6.65. The molecule has 0 heterocycles. The molecule has 0 aliphatic rings. The second-order valence-corrected chi connectivity index (χ2v) is 4.53. The van der Waals surface area contributed by atoms with Crippen molar-refractivity contribution in [3.63, 3.8) is 0 Å². The SMILES string of the molecule is CCN(Cc1ccccc1)C(=O)Nc1c(F)cccc1F. The molecule has 2 aromatic rings. The highest BCUT2D eigenvalue weighted by molar-refractivity contribution is 5.89. The van der Waals surface area contributed by atoms with Gasteiger partial charge in [-0.25, -0.2) is 13.6 Å². The first kappa shape index (κ1) is 15.0. The average molecular weight is 290 g/mol. The van der Waals surface area contributed by atoms with Crippen LogP contribution in [0.4, 0.5) is 19.3 Å². The molecule has 2 aromatic carbocycles. The number of nitrogens with zero attached hydrogens (tertiary/aromatic N) is 1. The number of rotatable bonds is 4. The minimum absolute atomic E-state index is 0.374. The van der Waals surface area contributed by atoms with Crippen LogP contribution in [-0.2, 0) is 6.54 Å². The summed E-state index contributed by atoms with van der Waals surface area (Å²) in [4.78, 5) is 13.6. The number of carbonyl (C=O) groups is 1. The maximum atomic E-state index is 13.5. The Bertz CT molecular complexity index is 597. The normalized spacial score (nSPS) is 10.2. The van der Waals surface area contributed by atoms with E-state index in [2.05, 4.69) is 5.32 Å². The Hall–Kier alpha value is -2.43. The van der Waals surface area contributed by atoms with E-state index < -0.39 is 23.4 Å². The molecule has 0 fully saturated rings. The van der Waals surface area contributed by atoms with Crippen molar-refractivity contribution < 1.29 is 13.6 Å². The molecule has 5 heteroatoms. The molecule has 0 unspecified atom stereocenters. The monoisotopic (exact) mass is 290 g/mol. The third-order valence-corrected chi connectivity index (χ3v) is 3.08. The maximum absolute atomic E-state index is 13.5. The molecule has 0 saturated heterocycles. The zero-order chi connectivity index (χ0) is 15.2. The first-order chi connectivity index (χ1) is 10.1. The number of halogens is 2. The lowest BCUT2D eigenvalue weighted by Crippen LogP contribution is -2.34. The van der Waals surface area contributed by atoms with Gasteiger partial charge in [0.1, 0.15) is 17.3 Å². The third kappa shape index (κ3) is 3.78. The summed E-state index contributed by atoms with van der Waals surface area (Å²) in [7, 11) is 0. The van der Waals surface area contributed by atoms with Crippen molar-refractivity contribution in [2.24, 2.45) is 0 Å². The zero-order valence-corrected chi connectivity index (χ0v) is 11.6. The van der Waals surface area contributed by atoms with E-state index in [9.17, 15) is 13.6 Å². The number of hydrogen-bond acceptors (Lipinski definition) is 1. The van der Waals surface area contributed by atoms with Crippen LogP contribution in [0.25, 0.3) is 0 Å². The molecule has 0 spiro atoms. The molecule has 0 atom stereocenters. The van der Waals surface area contributed by atoms with Crippen molar-refractivity contribution in [1.29, 1.82) is 0 Å². The van der Waals surface area contributed by atoms with E-state index in [1.807, 2.05) is 30.3 Å². The Labute approximate surface area is 122 Å². The smallest absolute Gasteiger partial charge is 0.320 e. The molecule has 0 bridgehead atoms. The highest BCUT2D eigenvalue weighted by Crippen LogP contribution is 2.18. The molecular formula is C16H16F2N2O. The zero-order valence-electron chi connectivity index (χ0n) is 11.6. The molecule has 3 nitrogen and oxygen atoms in total. The summed E-state index contributed by atoms with van der Waals surface area (Å²) >= 11 is 0. The van der Waals surface area contributed by atoms with Crippen LogP contribution in [0.2, 0.25) is 0 Å². The first-order valence-corrected chi connectivity index (χ1v) is 6.65. The van der Waals surface area contributed by atoms with Crippen LogP contribution in [0.3, 0.4) is 0 Å². The number of hydrogen-bond donors (Lipinski definition) is 1. The molecule has 0 aliphatic carbocycles. The largest absolute Gasteiger partial charge is 0.322 e. The van der Waals surface area contributed by atoms with Crippen LogP contribution in [0, 0.1) is 11.6 Å². The van der Waals surface area contributed by atoms with E-state index in [0.717, 1.165) is 17.7 Å². The number of benzene rings is 2. The highest BCUT2D eigenvalue weighted by atomic mass is 19.1. The Morgan fingerprint density at radius 1 is 1.05 bits per heavy atom. The van der Waals surface area contributed by atoms with Gasteiger partial charge in [-0.3, -0.25) is 0 Å². The van der Waals surface area contributed by atoms with Crippen molar-refractivity contribution in [3.8, 4) is 0 Å². The molecule has 0 aromatic heterocycles. The molecule has 1 N–H and O–H groups in total. The van der Waals surface area contributed by atoms with Gasteiger partial charge in [-0.15, -0.1) is 0 Å². The molecule has 0 aliphatic heterocycles. The average Bonchev–Trinajstić information content (AvgIpc) is 2.49. The Morgan fingerprint density at radius 2 is 1.67 bits per heavy atom. The minimum atomic E-state index is -0.792. The second-order valence-electron chi connectivity index (χ2n) is 4.53. The predicted molar refractivity (Wildman–Crippen MR) is 77.9 cm³/mol. The highest BCUT2D eigenvalue weighted by Gasteiger charge is 2.16. The molecular weight excluding hydrogens is 274 g/mol. The summed E-state index contributed by atoms with van der Waals surface area (Å²) in [6, 6.07) is 12.3. The molecule has 0 saturated carbocycles. The van der Waals surface area contributed by atoms with E-state index in [-0.39, 0.29) is 0 Å². The van der Waals surface area contributed by atoms with Crippen molar-refractivity contribution in [3.05, 3.63) is 65.7 Å². The minimum Gasteiger partial charge on any atom is -0.320 e. The molecule has 0 radical (unpaired) electrons. The van der Waals surface area contributed by atoms with Crippen LogP contribution < -0.4 is 5.32 Å². The lowest BCUT2D eigenvalue weighted by Gasteiger charge is -2.21. The molecule has 110 valence electrons. The summed E-state index contributed by atoms with van der Waals surface area (Å²) in [6.45, 7) is 2.61. The lowest BCUT2D eigenvalue weighted by molar-refractivity contribution is 0.212. The molecule has 21 heavy (non-hydrogen) atoms. The number of carbonyl (C=O) groups excluding carboxylic acids is 1. The van der Waals surface area contributed by atoms with Gasteiger partial charge < -0.3 is 10.2 Å². The second kappa shape index (κ2) is 6.83. The van der Waals surface area contributed by atoms with E-state index in [1.54, 1.807) is 6.92 Å². The third-order valence-electron chi connectivity index (χ3n) is 3.08. The van der Waals surface area contributed by atoms with Gasteiger partial charge in [0.2, 0.25) is 0 Å². The number of amides is 2. The Balaban J connectivity index is 2.10. The fraction of sp³-hybridized carbons (Fsp3) is 0.188. The van der Waals surface area contributed by atoms with E-state index in [1.165, 1.54) is 11.0 Å². The number of para-hydroxylation sites is 1. The van der Waals surface area contributed by atoms with Gasteiger partial charge in [0.15, 0.2) is 0 Å². The van der Waals surface area contributed by atoms with Crippen LogP contribution in [0.15, 0.2) is 48.5 Å². The van der Waals surface area contributed by atoms with Gasteiger partial charge >= 0.3 is 6.03 Å². The van der Waals surface area contributed by atoms with E-state index in [0.29, 0.717) is 13.1 Å². The summed E-state index contributed by atoms with van der Waals surface area (Å²) in [5, 5.41) is 2.29. The number of urea groups is 1. The van der Waals surface area contributed by atoms with Crippen LogP contribution >= 0.6 is 0 Å². The Kier molecular flexibility index (Phi) is 4.87. The van der Waals surface area contributed by atoms with E-state index in [4.69, 9.17) is 0 Å². The van der Waals surface area contributed by atoms with Gasteiger partial charge in [-0.05, 0) is 24.6 Å². The maximum Gasteiger partial charge on any atom is 0.322 e.